The maximum Gasteiger partial charge on any atom is 0.0685 e. The summed E-state index contributed by atoms with van der Waals surface area (Å²) < 4.78 is 2.42. The van der Waals surface area contributed by atoms with E-state index in [1.54, 1.807) is 0 Å². The molecule has 0 saturated heterocycles. The second-order valence-corrected chi connectivity index (χ2v) is 11.2. The van der Waals surface area contributed by atoms with E-state index >= 15 is 0 Å². The van der Waals surface area contributed by atoms with Crippen molar-refractivity contribution in [3.8, 4) is 0 Å². The molecule has 0 radical (unpaired) electrons. The first-order valence-corrected chi connectivity index (χ1v) is 12.0. The molecule has 2 unspecified atom stereocenters. The van der Waals surface area contributed by atoms with E-state index in [-0.39, 0.29) is 0 Å². The molecule has 0 amide bonds. The lowest BCUT2D eigenvalue weighted by Crippen LogP contribution is -2.52. The van der Waals surface area contributed by atoms with Gasteiger partial charge in [0.25, 0.3) is 0 Å². The van der Waals surface area contributed by atoms with Gasteiger partial charge in [-0.25, -0.2) is 0 Å². The fraction of sp³-hybridized carbons (Fsp3) is 0.731. The summed E-state index contributed by atoms with van der Waals surface area (Å²) >= 11 is 0. The molecule has 4 aliphatic rings. The van der Waals surface area contributed by atoms with E-state index in [1.807, 2.05) is 0 Å². The highest BCUT2D eigenvalue weighted by Gasteiger charge is 2.60. The van der Waals surface area contributed by atoms with Gasteiger partial charge in [-0.3, -0.25) is 4.68 Å². The molecule has 150 valence electrons. The van der Waals surface area contributed by atoms with Gasteiger partial charge in [0.15, 0.2) is 0 Å². The minimum atomic E-state index is 0.438. The number of para-hydroxylation sites is 1. The fourth-order valence-electron chi connectivity index (χ4n) is 8.91. The van der Waals surface area contributed by atoms with E-state index in [0.717, 1.165) is 23.7 Å². The van der Waals surface area contributed by atoms with Crippen LogP contribution < -0.4 is 0 Å². The van der Waals surface area contributed by atoms with Crippen molar-refractivity contribution in [1.29, 1.82) is 0 Å². The minimum absolute atomic E-state index is 0.438. The Morgan fingerprint density at radius 1 is 0.857 bits per heavy atom. The maximum atomic E-state index is 4.91. The topological polar surface area (TPSA) is 17.8 Å². The Bertz CT molecular complexity index is 883. The Morgan fingerprint density at radius 3 is 2.64 bits per heavy atom. The number of aromatic nitrogens is 2. The van der Waals surface area contributed by atoms with Crippen LogP contribution in [0.3, 0.4) is 0 Å². The number of hydrogen-bond acceptors (Lipinski definition) is 1. The van der Waals surface area contributed by atoms with Crippen LogP contribution >= 0.6 is 0 Å². The predicted molar refractivity (Wildman–Crippen MR) is 115 cm³/mol. The van der Waals surface area contributed by atoms with Crippen molar-refractivity contribution >= 4 is 10.9 Å². The van der Waals surface area contributed by atoms with Crippen LogP contribution in [0.25, 0.3) is 10.9 Å². The smallest absolute Gasteiger partial charge is 0.0685 e. The van der Waals surface area contributed by atoms with Gasteiger partial charge in [-0.1, -0.05) is 44.9 Å². The Kier molecular flexibility index (Phi) is 3.82. The maximum absolute atomic E-state index is 4.91. The van der Waals surface area contributed by atoms with Crippen LogP contribution in [0.15, 0.2) is 30.5 Å². The Morgan fingerprint density at radius 2 is 1.71 bits per heavy atom. The van der Waals surface area contributed by atoms with E-state index in [9.17, 15) is 0 Å². The SMILES string of the molecule is C[C@]12CCCCC1CC[C@@H]1[C@@H]2CC[C@]2(C)C(n3ncc4ccccc43)CC[C@@H]12. The highest BCUT2D eigenvalue weighted by atomic mass is 15.3. The second-order valence-electron chi connectivity index (χ2n) is 11.2. The Labute approximate surface area is 170 Å². The molecule has 1 heterocycles. The van der Waals surface area contributed by atoms with Gasteiger partial charge < -0.3 is 0 Å². The summed E-state index contributed by atoms with van der Waals surface area (Å²) in [6.07, 6.45) is 16.8. The summed E-state index contributed by atoms with van der Waals surface area (Å²) in [6, 6.07) is 9.41. The first kappa shape index (κ1) is 17.5. The van der Waals surface area contributed by atoms with Crippen LogP contribution in [0, 0.1) is 34.5 Å². The molecule has 0 N–H and O–H groups in total. The number of benzene rings is 1. The zero-order valence-electron chi connectivity index (χ0n) is 17.7. The molecule has 1 aromatic heterocycles. The van der Waals surface area contributed by atoms with Gasteiger partial charge in [-0.05, 0) is 91.9 Å². The summed E-state index contributed by atoms with van der Waals surface area (Å²) in [4.78, 5) is 0. The zero-order chi connectivity index (χ0) is 18.9. The van der Waals surface area contributed by atoms with E-state index in [2.05, 4.69) is 49.0 Å². The van der Waals surface area contributed by atoms with Crippen LogP contribution in [0.4, 0.5) is 0 Å². The highest BCUT2D eigenvalue weighted by Crippen LogP contribution is 2.68. The van der Waals surface area contributed by atoms with Gasteiger partial charge in [0.1, 0.15) is 0 Å². The molecule has 6 rings (SSSR count). The highest BCUT2D eigenvalue weighted by molar-refractivity contribution is 5.78. The molecule has 4 aliphatic carbocycles. The third-order valence-electron chi connectivity index (χ3n) is 10.3. The summed E-state index contributed by atoms with van der Waals surface area (Å²) in [5, 5.41) is 6.22. The first-order chi connectivity index (χ1) is 13.6. The van der Waals surface area contributed by atoms with Gasteiger partial charge in [0.05, 0.1) is 17.8 Å². The lowest BCUT2D eigenvalue weighted by atomic mass is 9.45. The average molecular weight is 377 g/mol. The quantitative estimate of drug-likeness (QED) is 0.523. The lowest BCUT2D eigenvalue weighted by molar-refractivity contribution is -0.109. The molecule has 2 nitrogen and oxygen atoms in total. The van der Waals surface area contributed by atoms with Crippen molar-refractivity contribution in [2.45, 2.75) is 84.1 Å². The summed E-state index contributed by atoms with van der Waals surface area (Å²) in [6.45, 7) is 5.33. The van der Waals surface area contributed by atoms with E-state index in [0.29, 0.717) is 16.9 Å². The molecule has 1 aromatic carbocycles. The summed E-state index contributed by atoms with van der Waals surface area (Å²) in [5.41, 5.74) is 2.44. The standard InChI is InChI=1S/C26H36N2/c1-25-15-6-5-8-19(25)10-11-20-21-12-13-24(26(21,2)16-14-22(20)25)28-23-9-4-3-7-18(23)17-27-28/h3-4,7,9,17,19-22,24H,5-6,8,10-16H2,1-2H3/t19?,20-,21-,22-,24?,25-,26-/m0/s1. The Balaban J connectivity index is 1.35. The van der Waals surface area contributed by atoms with Gasteiger partial charge in [0.2, 0.25) is 0 Å². The van der Waals surface area contributed by atoms with E-state index < -0.39 is 0 Å². The summed E-state index contributed by atoms with van der Waals surface area (Å²) in [7, 11) is 0. The van der Waals surface area contributed by atoms with Gasteiger partial charge in [0, 0.05) is 5.39 Å². The van der Waals surface area contributed by atoms with Crippen molar-refractivity contribution in [2.75, 3.05) is 0 Å². The van der Waals surface area contributed by atoms with E-state index in [4.69, 9.17) is 5.10 Å². The average Bonchev–Trinajstić information content (AvgIpc) is 3.28. The third kappa shape index (κ3) is 2.24. The lowest BCUT2D eigenvalue weighted by Gasteiger charge is -2.60. The molecule has 4 fully saturated rings. The van der Waals surface area contributed by atoms with Gasteiger partial charge in [-0.2, -0.15) is 5.10 Å². The first-order valence-electron chi connectivity index (χ1n) is 12.0. The van der Waals surface area contributed by atoms with Crippen molar-refractivity contribution < 1.29 is 0 Å². The predicted octanol–water partition coefficient (Wildman–Crippen LogP) is 7.01. The molecular weight excluding hydrogens is 340 g/mol. The van der Waals surface area contributed by atoms with E-state index in [1.165, 1.54) is 75.1 Å². The van der Waals surface area contributed by atoms with Crippen molar-refractivity contribution in [3.63, 3.8) is 0 Å². The van der Waals surface area contributed by atoms with Crippen molar-refractivity contribution in [1.82, 2.24) is 9.78 Å². The third-order valence-corrected chi connectivity index (χ3v) is 10.3. The molecular formula is C26H36N2. The molecule has 4 saturated carbocycles. The zero-order valence-corrected chi connectivity index (χ0v) is 17.7. The van der Waals surface area contributed by atoms with Crippen LogP contribution in [0.1, 0.15) is 84.1 Å². The monoisotopic (exact) mass is 376 g/mol. The molecule has 28 heavy (non-hydrogen) atoms. The van der Waals surface area contributed by atoms with Gasteiger partial charge in [-0.15, -0.1) is 0 Å². The molecule has 0 spiro atoms. The second kappa shape index (κ2) is 6.09. The minimum Gasteiger partial charge on any atom is -0.261 e. The van der Waals surface area contributed by atoms with Gasteiger partial charge >= 0.3 is 0 Å². The van der Waals surface area contributed by atoms with Crippen molar-refractivity contribution in [2.24, 2.45) is 34.5 Å². The molecule has 7 atom stereocenters. The van der Waals surface area contributed by atoms with Crippen LogP contribution in [0.2, 0.25) is 0 Å². The van der Waals surface area contributed by atoms with Crippen molar-refractivity contribution in [3.05, 3.63) is 30.5 Å². The number of hydrogen-bond donors (Lipinski definition) is 0. The normalized spacial score (nSPS) is 45.4. The number of rotatable bonds is 1. The molecule has 2 aromatic rings. The number of nitrogens with zero attached hydrogens (tertiary/aromatic N) is 2. The largest absolute Gasteiger partial charge is 0.261 e. The summed E-state index contributed by atoms with van der Waals surface area (Å²) in [5.74, 6) is 3.92. The molecule has 0 aliphatic heterocycles. The Hall–Kier alpha value is -1.31. The fourth-order valence-corrected chi connectivity index (χ4v) is 8.91. The molecule has 2 heteroatoms. The van der Waals surface area contributed by atoms with Crippen LogP contribution in [-0.4, -0.2) is 9.78 Å². The van der Waals surface area contributed by atoms with Crippen LogP contribution in [0.5, 0.6) is 0 Å². The van der Waals surface area contributed by atoms with Crippen LogP contribution in [-0.2, 0) is 0 Å². The molecule has 0 bridgehead atoms. The number of fused-ring (bicyclic) bond motifs is 6.